The second-order valence-corrected chi connectivity index (χ2v) is 6.63. The molecule has 128 valence electrons. The third-order valence-electron chi connectivity index (χ3n) is 4.86. The van der Waals surface area contributed by atoms with Gasteiger partial charge in [0.2, 0.25) is 5.82 Å². The Labute approximate surface area is 143 Å². The van der Waals surface area contributed by atoms with Crippen molar-refractivity contribution in [2.45, 2.75) is 32.7 Å². The van der Waals surface area contributed by atoms with Crippen molar-refractivity contribution in [3.63, 3.8) is 0 Å². The van der Waals surface area contributed by atoms with E-state index in [9.17, 15) is 4.79 Å². The Hall–Kier alpha value is -2.21. The van der Waals surface area contributed by atoms with Crippen molar-refractivity contribution in [2.24, 2.45) is 0 Å². The minimum absolute atomic E-state index is 0.0972. The first-order valence-corrected chi connectivity index (χ1v) is 8.42. The molecule has 0 saturated carbocycles. The largest absolute Gasteiger partial charge is 0.336 e. The molecule has 0 unspecified atom stereocenters. The normalized spacial score (nSPS) is 16.3. The first-order chi connectivity index (χ1) is 11.5. The second-order valence-electron chi connectivity index (χ2n) is 6.63. The van der Waals surface area contributed by atoms with Crippen LogP contribution >= 0.6 is 0 Å². The maximum atomic E-state index is 12.8. The van der Waals surface area contributed by atoms with Crippen LogP contribution in [0.5, 0.6) is 0 Å². The summed E-state index contributed by atoms with van der Waals surface area (Å²) >= 11 is 0. The van der Waals surface area contributed by atoms with Crippen LogP contribution < -0.4 is 0 Å². The van der Waals surface area contributed by atoms with Gasteiger partial charge in [0.1, 0.15) is 5.82 Å². The van der Waals surface area contributed by atoms with Gasteiger partial charge in [-0.05, 0) is 58.5 Å². The molecule has 6 nitrogen and oxygen atoms in total. The van der Waals surface area contributed by atoms with Crippen LogP contribution in [0.25, 0.3) is 5.69 Å². The fourth-order valence-electron chi connectivity index (χ4n) is 3.22. The number of carbonyl (C=O) groups excluding carboxylic acids is 1. The average Bonchev–Trinajstić information content (AvgIpc) is 2.96. The molecule has 1 saturated heterocycles. The van der Waals surface area contributed by atoms with Crippen molar-refractivity contribution in [3.05, 3.63) is 41.5 Å². The maximum absolute atomic E-state index is 12.8. The van der Waals surface area contributed by atoms with Gasteiger partial charge in [0.25, 0.3) is 5.91 Å². The predicted octanol–water partition coefficient (Wildman–Crippen LogP) is 2.05. The van der Waals surface area contributed by atoms with Crippen LogP contribution in [-0.2, 0) is 0 Å². The molecule has 0 N–H and O–H groups in total. The molecule has 1 fully saturated rings. The van der Waals surface area contributed by atoms with E-state index in [0.29, 0.717) is 0 Å². The van der Waals surface area contributed by atoms with Crippen molar-refractivity contribution in [2.75, 3.05) is 27.2 Å². The molecule has 1 aliphatic rings. The molecule has 6 heteroatoms. The van der Waals surface area contributed by atoms with E-state index >= 15 is 0 Å². The van der Waals surface area contributed by atoms with E-state index in [0.717, 1.165) is 43.0 Å². The summed E-state index contributed by atoms with van der Waals surface area (Å²) in [6, 6.07) is 8.24. The first-order valence-electron chi connectivity index (χ1n) is 8.42. The molecule has 2 heterocycles. The number of aromatic nitrogens is 3. The van der Waals surface area contributed by atoms with Gasteiger partial charge in [-0.3, -0.25) is 4.79 Å². The summed E-state index contributed by atoms with van der Waals surface area (Å²) < 4.78 is 1.76. The Morgan fingerprint density at radius 3 is 2.54 bits per heavy atom. The Kier molecular flexibility index (Phi) is 4.66. The smallest absolute Gasteiger partial charge is 0.293 e. The summed E-state index contributed by atoms with van der Waals surface area (Å²) in [6.07, 6.45) is 1.99. The van der Waals surface area contributed by atoms with Crippen LogP contribution in [0, 0.1) is 13.8 Å². The molecule has 1 amide bonds. The van der Waals surface area contributed by atoms with E-state index in [1.54, 1.807) is 4.68 Å². The van der Waals surface area contributed by atoms with Gasteiger partial charge in [-0.15, -0.1) is 5.10 Å². The Morgan fingerprint density at radius 1 is 1.21 bits per heavy atom. The molecular weight excluding hydrogens is 302 g/mol. The lowest BCUT2D eigenvalue weighted by atomic mass is 10.0. The number of likely N-dealkylation sites (tertiary alicyclic amines) is 1. The van der Waals surface area contributed by atoms with E-state index in [1.807, 2.05) is 50.1 Å². The molecule has 24 heavy (non-hydrogen) atoms. The van der Waals surface area contributed by atoms with E-state index in [1.165, 1.54) is 0 Å². The Balaban J connectivity index is 1.81. The van der Waals surface area contributed by atoms with E-state index in [2.05, 4.69) is 22.0 Å². The summed E-state index contributed by atoms with van der Waals surface area (Å²) in [6.45, 7) is 5.95. The van der Waals surface area contributed by atoms with Gasteiger partial charge in [-0.2, -0.15) is 0 Å². The summed E-state index contributed by atoms with van der Waals surface area (Å²) in [7, 11) is 3.98. The zero-order chi connectivity index (χ0) is 17.3. The minimum atomic E-state index is -0.0972. The highest BCUT2D eigenvalue weighted by molar-refractivity contribution is 5.90. The van der Waals surface area contributed by atoms with Crippen molar-refractivity contribution < 1.29 is 4.79 Å². The zero-order valence-corrected chi connectivity index (χ0v) is 14.9. The number of benzene rings is 1. The lowest BCUT2D eigenvalue weighted by Crippen LogP contribution is -2.44. The molecule has 0 bridgehead atoms. The number of hydrogen-bond donors (Lipinski definition) is 0. The molecule has 1 aromatic carbocycles. The second kappa shape index (κ2) is 6.73. The topological polar surface area (TPSA) is 54.3 Å². The van der Waals surface area contributed by atoms with Crippen LogP contribution in [0.15, 0.2) is 24.3 Å². The lowest BCUT2D eigenvalue weighted by molar-refractivity contribution is 0.0647. The van der Waals surface area contributed by atoms with E-state index in [-0.39, 0.29) is 17.8 Å². The highest BCUT2D eigenvalue weighted by Gasteiger charge is 2.27. The van der Waals surface area contributed by atoms with Gasteiger partial charge in [0, 0.05) is 13.1 Å². The van der Waals surface area contributed by atoms with Crippen molar-refractivity contribution in [1.82, 2.24) is 24.6 Å². The molecule has 0 radical (unpaired) electrons. The van der Waals surface area contributed by atoms with Crippen LogP contribution in [-0.4, -0.2) is 63.7 Å². The Morgan fingerprint density at radius 2 is 1.88 bits per heavy atom. The van der Waals surface area contributed by atoms with Crippen LogP contribution in [0.2, 0.25) is 0 Å². The maximum Gasteiger partial charge on any atom is 0.293 e. The SMILES string of the molecule is Cc1ccccc1-n1nc(C(=O)N(C)C2CCN(C)CC2)nc1C. The zero-order valence-electron chi connectivity index (χ0n) is 14.9. The summed E-state index contributed by atoms with van der Waals surface area (Å²) in [5.74, 6) is 0.904. The van der Waals surface area contributed by atoms with Crippen LogP contribution in [0.1, 0.15) is 34.8 Å². The number of aryl methyl sites for hydroxylation is 2. The van der Waals surface area contributed by atoms with Gasteiger partial charge in [-0.25, -0.2) is 9.67 Å². The number of para-hydroxylation sites is 1. The quantitative estimate of drug-likeness (QED) is 0.866. The molecular formula is C18H25N5O. The molecule has 3 rings (SSSR count). The minimum Gasteiger partial charge on any atom is -0.336 e. The number of nitrogens with zero attached hydrogens (tertiary/aromatic N) is 5. The number of carbonyl (C=O) groups is 1. The molecule has 0 aliphatic carbocycles. The number of amides is 1. The van der Waals surface area contributed by atoms with Crippen LogP contribution in [0.3, 0.4) is 0 Å². The number of rotatable bonds is 3. The number of piperidine rings is 1. The van der Waals surface area contributed by atoms with Crippen molar-refractivity contribution in [1.29, 1.82) is 0 Å². The predicted molar refractivity (Wildman–Crippen MR) is 93.4 cm³/mol. The molecule has 0 spiro atoms. The third kappa shape index (κ3) is 3.19. The average molecular weight is 327 g/mol. The standard InChI is InChI=1S/C18H25N5O/c1-13-7-5-6-8-16(13)23-14(2)19-17(20-23)18(24)22(4)15-9-11-21(3)12-10-15/h5-8,15H,9-12H2,1-4H3. The molecule has 0 atom stereocenters. The van der Waals surface area contributed by atoms with Crippen molar-refractivity contribution >= 4 is 5.91 Å². The lowest BCUT2D eigenvalue weighted by Gasteiger charge is -2.34. The van der Waals surface area contributed by atoms with Gasteiger partial charge >= 0.3 is 0 Å². The summed E-state index contributed by atoms with van der Waals surface area (Å²) in [4.78, 5) is 21.3. The fourth-order valence-corrected chi connectivity index (χ4v) is 3.22. The van der Waals surface area contributed by atoms with Gasteiger partial charge in [0.05, 0.1) is 5.69 Å². The summed E-state index contributed by atoms with van der Waals surface area (Å²) in [5, 5.41) is 4.48. The summed E-state index contributed by atoms with van der Waals surface area (Å²) in [5.41, 5.74) is 2.07. The molecule has 1 aliphatic heterocycles. The molecule has 2 aromatic rings. The molecule has 1 aromatic heterocycles. The van der Waals surface area contributed by atoms with Gasteiger partial charge in [-0.1, -0.05) is 18.2 Å². The third-order valence-corrected chi connectivity index (χ3v) is 4.86. The monoisotopic (exact) mass is 327 g/mol. The van der Waals surface area contributed by atoms with Gasteiger partial charge in [0.15, 0.2) is 0 Å². The van der Waals surface area contributed by atoms with E-state index < -0.39 is 0 Å². The highest BCUT2D eigenvalue weighted by Crippen LogP contribution is 2.18. The van der Waals surface area contributed by atoms with E-state index in [4.69, 9.17) is 0 Å². The van der Waals surface area contributed by atoms with Crippen LogP contribution in [0.4, 0.5) is 0 Å². The van der Waals surface area contributed by atoms with Gasteiger partial charge < -0.3 is 9.80 Å². The number of hydrogen-bond acceptors (Lipinski definition) is 4. The van der Waals surface area contributed by atoms with Crippen molar-refractivity contribution in [3.8, 4) is 5.69 Å². The highest BCUT2D eigenvalue weighted by atomic mass is 16.2. The first kappa shape index (κ1) is 16.6. The Bertz CT molecular complexity index is 731. The fraction of sp³-hybridized carbons (Fsp3) is 0.500.